The van der Waals surface area contributed by atoms with Crippen molar-refractivity contribution in [2.24, 2.45) is 0 Å². The van der Waals surface area contributed by atoms with Crippen molar-refractivity contribution in [2.45, 2.75) is 32.9 Å². The first kappa shape index (κ1) is 13.2. The molecule has 4 nitrogen and oxygen atoms in total. The summed E-state index contributed by atoms with van der Waals surface area (Å²) in [6.45, 7) is 6.12. The molecular weight excluding hydrogens is 250 g/mol. The van der Waals surface area contributed by atoms with Gasteiger partial charge in [0.2, 0.25) is 0 Å². The van der Waals surface area contributed by atoms with E-state index in [1.165, 1.54) is 0 Å². The summed E-state index contributed by atoms with van der Waals surface area (Å²) in [6, 6.07) is 2.21. The molecule has 2 heterocycles. The molecule has 1 atom stereocenters. The van der Waals surface area contributed by atoms with Gasteiger partial charge in [0, 0.05) is 11.6 Å². The Morgan fingerprint density at radius 2 is 2.17 bits per heavy atom. The number of halogens is 1. The quantitative estimate of drug-likeness (QED) is 0.924. The van der Waals surface area contributed by atoms with Crippen LogP contribution < -0.4 is 5.32 Å². The fourth-order valence-electron chi connectivity index (χ4n) is 2.17. The molecule has 2 rings (SSSR count). The van der Waals surface area contributed by atoms with Crippen LogP contribution in [0.5, 0.6) is 0 Å². The molecule has 2 aromatic rings. The first-order chi connectivity index (χ1) is 8.56. The standard InChI is InChI=1S/C13H18ClN3O/c1-8(2)17-13(11(14)7-16-17)12(15-4)10-5-6-18-9(10)3/h5-8,12,15H,1-4H3. The van der Waals surface area contributed by atoms with Crippen molar-refractivity contribution in [3.63, 3.8) is 0 Å². The highest BCUT2D eigenvalue weighted by atomic mass is 35.5. The number of aromatic nitrogens is 2. The highest BCUT2D eigenvalue weighted by Gasteiger charge is 2.24. The number of hydrogen-bond acceptors (Lipinski definition) is 3. The van der Waals surface area contributed by atoms with E-state index in [9.17, 15) is 0 Å². The van der Waals surface area contributed by atoms with Gasteiger partial charge >= 0.3 is 0 Å². The zero-order valence-corrected chi connectivity index (χ0v) is 11.8. The van der Waals surface area contributed by atoms with Gasteiger partial charge in [-0.25, -0.2) is 0 Å². The van der Waals surface area contributed by atoms with Gasteiger partial charge in [-0.15, -0.1) is 0 Å². The molecule has 2 aromatic heterocycles. The van der Waals surface area contributed by atoms with E-state index in [1.54, 1.807) is 12.5 Å². The van der Waals surface area contributed by atoms with E-state index in [4.69, 9.17) is 16.0 Å². The summed E-state index contributed by atoms with van der Waals surface area (Å²) in [5, 5.41) is 8.29. The van der Waals surface area contributed by atoms with Crippen LogP contribution >= 0.6 is 11.6 Å². The Hall–Kier alpha value is -1.26. The maximum Gasteiger partial charge on any atom is 0.105 e. The molecule has 0 aromatic carbocycles. The van der Waals surface area contributed by atoms with Crippen LogP contribution in [0.3, 0.4) is 0 Å². The van der Waals surface area contributed by atoms with Gasteiger partial charge in [-0.1, -0.05) is 11.6 Å². The van der Waals surface area contributed by atoms with Crippen molar-refractivity contribution in [1.82, 2.24) is 15.1 Å². The largest absolute Gasteiger partial charge is 0.469 e. The SMILES string of the molecule is CNC(c1ccoc1C)c1c(Cl)cnn1C(C)C. The van der Waals surface area contributed by atoms with Crippen LogP contribution in [0.2, 0.25) is 5.02 Å². The average molecular weight is 268 g/mol. The van der Waals surface area contributed by atoms with Gasteiger partial charge in [0.05, 0.1) is 29.2 Å². The van der Waals surface area contributed by atoms with Crippen molar-refractivity contribution < 1.29 is 4.42 Å². The number of rotatable bonds is 4. The fourth-order valence-corrected chi connectivity index (χ4v) is 2.41. The number of hydrogen-bond donors (Lipinski definition) is 1. The summed E-state index contributed by atoms with van der Waals surface area (Å²) in [6.07, 6.45) is 3.38. The monoisotopic (exact) mass is 267 g/mol. The number of aryl methyl sites for hydroxylation is 1. The zero-order valence-electron chi connectivity index (χ0n) is 11.1. The molecule has 0 aliphatic rings. The maximum absolute atomic E-state index is 6.28. The molecule has 0 aliphatic carbocycles. The minimum absolute atomic E-state index is 0.0128. The highest BCUT2D eigenvalue weighted by Crippen LogP contribution is 2.31. The maximum atomic E-state index is 6.28. The van der Waals surface area contributed by atoms with Crippen molar-refractivity contribution >= 4 is 11.6 Å². The fraction of sp³-hybridized carbons (Fsp3) is 0.462. The molecule has 0 spiro atoms. The molecule has 5 heteroatoms. The van der Waals surface area contributed by atoms with Crippen molar-refractivity contribution in [2.75, 3.05) is 7.05 Å². The van der Waals surface area contributed by atoms with Gasteiger partial charge in [-0.3, -0.25) is 4.68 Å². The molecule has 0 bridgehead atoms. The molecule has 0 fully saturated rings. The molecule has 1 unspecified atom stereocenters. The Labute approximate surface area is 112 Å². The predicted molar refractivity (Wildman–Crippen MR) is 72.0 cm³/mol. The second-order valence-electron chi connectivity index (χ2n) is 4.57. The van der Waals surface area contributed by atoms with Crippen LogP contribution in [-0.4, -0.2) is 16.8 Å². The third kappa shape index (κ3) is 2.18. The van der Waals surface area contributed by atoms with E-state index in [0.29, 0.717) is 5.02 Å². The Kier molecular flexibility index (Phi) is 3.78. The Bertz CT molecular complexity index is 530. The summed E-state index contributed by atoms with van der Waals surface area (Å²) in [5.41, 5.74) is 2.06. The number of nitrogens with zero attached hydrogens (tertiary/aromatic N) is 2. The van der Waals surface area contributed by atoms with Crippen molar-refractivity contribution in [3.05, 3.63) is 40.6 Å². The van der Waals surface area contributed by atoms with Crippen LogP contribution in [0.4, 0.5) is 0 Å². The molecule has 0 amide bonds. The van der Waals surface area contributed by atoms with Crippen LogP contribution in [0.1, 0.15) is 42.9 Å². The van der Waals surface area contributed by atoms with Gasteiger partial charge in [-0.2, -0.15) is 5.10 Å². The van der Waals surface area contributed by atoms with E-state index < -0.39 is 0 Å². The van der Waals surface area contributed by atoms with Crippen LogP contribution in [0.25, 0.3) is 0 Å². The van der Waals surface area contributed by atoms with Gasteiger partial charge in [0.25, 0.3) is 0 Å². The summed E-state index contributed by atoms with van der Waals surface area (Å²) in [5.74, 6) is 0.891. The molecule has 18 heavy (non-hydrogen) atoms. The van der Waals surface area contributed by atoms with Crippen LogP contribution in [-0.2, 0) is 0 Å². The van der Waals surface area contributed by atoms with E-state index >= 15 is 0 Å². The summed E-state index contributed by atoms with van der Waals surface area (Å²) in [7, 11) is 1.91. The van der Waals surface area contributed by atoms with Crippen molar-refractivity contribution in [3.8, 4) is 0 Å². The summed E-state index contributed by atoms with van der Waals surface area (Å²) >= 11 is 6.28. The molecule has 98 valence electrons. The van der Waals surface area contributed by atoms with Gasteiger partial charge < -0.3 is 9.73 Å². The van der Waals surface area contributed by atoms with E-state index in [1.807, 2.05) is 24.7 Å². The summed E-state index contributed by atoms with van der Waals surface area (Å²) in [4.78, 5) is 0. The van der Waals surface area contributed by atoms with Gasteiger partial charge in [0.15, 0.2) is 0 Å². The lowest BCUT2D eigenvalue weighted by Gasteiger charge is -2.20. The Morgan fingerprint density at radius 3 is 2.67 bits per heavy atom. The second-order valence-corrected chi connectivity index (χ2v) is 4.98. The lowest BCUT2D eigenvalue weighted by atomic mass is 10.0. The zero-order chi connectivity index (χ0) is 13.3. The molecule has 0 aliphatic heterocycles. The van der Waals surface area contributed by atoms with Crippen LogP contribution in [0, 0.1) is 6.92 Å². The smallest absolute Gasteiger partial charge is 0.105 e. The highest BCUT2D eigenvalue weighted by molar-refractivity contribution is 6.31. The number of nitrogens with one attached hydrogen (secondary N) is 1. The topological polar surface area (TPSA) is 43.0 Å². The van der Waals surface area contributed by atoms with Crippen LogP contribution in [0.15, 0.2) is 22.9 Å². The minimum Gasteiger partial charge on any atom is -0.469 e. The molecule has 1 N–H and O–H groups in total. The average Bonchev–Trinajstić information content (AvgIpc) is 2.89. The normalized spacial score (nSPS) is 13.2. The molecular formula is C13H18ClN3O. The van der Waals surface area contributed by atoms with E-state index in [0.717, 1.165) is 17.0 Å². The predicted octanol–water partition coefficient (Wildman–Crippen LogP) is 3.33. The number of furan rings is 1. The first-order valence-electron chi connectivity index (χ1n) is 6.00. The Balaban J connectivity index is 2.52. The lowest BCUT2D eigenvalue weighted by Crippen LogP contribution is -2.23. The van der Waals surface area contributed by atoms with Crippen molar-refractivity contribution in [1.29, 1.82) is 0 Å². The second kappa shape index (κ2) is 5.16. The molecule has 0 saturated heterocycles. The summed E-state index contributed by atoms with van der Waals surface area (Å²) < 4.78 is 7.31. The minimum atomic E-state index is -0.0128. The molecule has 0 saturated carbocycles. The Morgan fingerprint density at radius 1 is 1.44 bits per heavy atom. The first-order valence-corrected chi connectivity index (χ1v) is 6.38. The van der Waals surface area contributed by atoms with Gasteiger partial charge in [-0.05, 0) is 33.9 Å². The third-order valence-corrected chi connectivity index (χ3v) is 3.34. The third-order valence-electron chi connectivity index (χ3n) is 3.05. The van der Waals surface area contributed by atoms with Gasteiger partial charge in [0.1, 0.15) is 5.76 Å². The van der Waals surface area contributed by atoms with E-state index in [-0.39, 0.29) is 12.1 Å². The lowest BCUT2D eigenvalue weighted by molar-refractivity contribution is 0.477. The molecule has 0 radical (unpaired) electrons. The van der Waals surface area contributed by atoms with E-state index in [2.05, 4.69) is 24.3 Å².